The van der Waals surface area contributed by atoms with Crippen LogP contribution in [-0.2, 0) is 4.74 Å². The highest BCUT2D eigenvalue weighted by Crippen LogP contribution is 2.25. The number of likely N-dealkylation sites (tertiary alicyclic amines) is 1. The summed E-state index contributed by atoms with van der Waals surface area (Å²) in [6, 6.07) is 7.88. The number of rotatable bonds is 5. The third-order valence-corrected chi connectivity index (χ3v) is 5.41. The molecule has 5 nitrogen and oxygen atoms in total. The molecule has 0 unspecified atom stereocenters. The summed E-state index contributed by atoms with van der Waals surface area (Å²) >= 11 is 6.02. The number of carbonyl (C=O) groups excluding carboxylic acids is 1. The number of ether oxygens (including phenoxy) is 1. The minimum Gasteiger partial charge on any atom is -0.381 e. The number of carbonyl (C=O) groups is 1. The van der Waals surface area contributed by atoms with Gasteiger partial charge in [0.1, 0.15) is 0 Å². The normalized spacial score (nSPS) is 25.4. The van der Waals surface area contributed by atoms with Gasteiger partial charge in [0.25, 0.3) is 5.91 Å². The number of amides is 1. The van der Waals surface area contributed by atoms with Gasteiger partial charge in [-0.3, -0.25) is 9.69 Å². The first-order valence-electron chi connectivity index (χ1n) is 9.06. The van der Waals surface area contributed by atoms with Crippen molar-refractivity contribution in [2.75, 3.05) is 46.9 Å². The van der Waals surface area contributed by atoms with Crippen molar-refractivity contribution >= 4 is 17.5 Å². The molecule has 0 aliphatic carbocycles. The lowest BCUT2D eigenvalue weighted by Gasteiger charge is -2.31. The van der Waals surface area contributed by atoms with E-state index >= 15 is 0 Å². The quantitative estimate of drug-likeness (QED) is 0.868. The summed E-state index contributed by atoms with van der Waals surface area (Å²) in [5, 5.41) is 3.84. The van der Waals surface area contributed by atoms with Gasteiger partial charge in [-0.15, -0.1) is 0 Å². The van der Waals surface area contributed by atoms with E-state index in [1.54, 1.807) is 12.1 Å². The second-order valence-corrected chi connectivity index (χ2v) is 7.85. The third-order valence-electron chi connectivity index (χ3n) is 5.18. The van der Waals surface area contributed by atoms with Gasteiger partial charge >= 0.3 is 0 Å². The fourth-order valence-corrected chi connectivity index (χ4v) is 4.14. The van der Waals surface area contributed by atoms with Crippen LogP contribution in [0.15, 0.2) is 24.3 Å². The molecule has 0 aromatic heterocycles. The Morgan fingerprint density at radius 1 is 1.32 bits per heavy atom. The van der Waals surface area contributed by atoms with Gasteiger partial charge in [0.05, 0.1) is 0 Å². The first-order valence-corrected chi connectivity index (χ1v) is 9.43. The second-order valence-electron chi connectivity index (χ2n) is 7.41. The van der Waals surface area contributed by atoms with Gasteiger partial charge in [-0.25, -0.2) is 0 Å². The molecule has 138 valence electrons. The average Bonchev–Trinajstić information content (AvgIpc) is 2.97. The monoisotopic (exact) mass is 365 g/mol. The highest BCUT2D eigenvalue weighted by Gasteiger charge is 2.37. The fraction of sp³-hybridized carbons (Fsp3) is 0.632. The van der Waals surface area contributed by atoms with Gasteiger partial charge in [0, 0.05) is 61.4 Å². The summed E-state index contributed by atoms with van der Waals surface area (Å²) in [5.41, 5.74) is 0.626. The topological polar surface area (TPSA) is 44.8 Å². The summed E-state index contributed by atoms with van der Waals surface area (Å²) in [7, 11) is 4.18. The summed E-state index contributed by atoms with van der Waals surface area (Å²) in [4.78, 5) is 17.4. The minimum atomic E-state index is -0.0370. The van der Waals surface area contributed by atoms with Crippen LogP contribution in [0.1, 0.15) is 23.2 Å². The van der Waals surface area contributed by atoms with Crippen molar-refractivity contribution in [1.29, 1.82) is 0 Å². The molecule has 2 heterocycles. The number of hydrogen-bond acceptors (Lipinski definition) is 4. The van der Waals surface area contributed by atoms with E-state index in [1.807, 2.05) is 12.1 Å². The summed E-state index contributed by atoms with van der Waals surface area (Å²) in [6.07, 6.45) is 2.17. The predicted molar refractivity (Wildman–Crippen MR) is 100 cm³/mol. The van der Waals surface area contributed by atoms with Crippen molar-refractivity contribution in [3.05, 3.63) is 34.9 Å². The Morgan fingerprint density at radius 2 is 2.08 bits per heavy atom. The maximum atomic E-state index is 12.6. The maximum absolute atomic E-state index is 12.6. The Bertz CT molecular complexity index is 590. The highest BCUT2D eigenvalue weighted by molar-refractivity contribution is 6.30. The largest absolute Gasteiger partial charge is 0.381 e. The van der Waals surface area contributed by atoms with Gasteiger partial charge in [0.15, 0.2) is 0 Å². The number of benzene rings is 1. The van der Waals surface area contributed by atoms with E-state index in [4.69, 9.17) is 16.3 Å². The standard InChI is InChI=1S/C19H28ClN3O2/c1-22(2)11-15-12-23(17-6-8-25-9-7-17)13-18(15)21-19(24)14-4-3-5-16(20)10-14/h3-5,10,15,17-18H,6-9,11-13H2,1-2H3,(H,21,24)/t15-,18-/m1/s1. The Kier molecular flexibility index (Phi) is 6.34. The summed E-state index contributed by atoms with van der Waals surface area (Å²) < 4.78 is 5.49. The molecule has 0 radical (unpaired) electrons. The molecule has 25 heavy (non-hydrogen) atoms. The van der Waals surface area contributed by atoms with E-state index in [9.17, 15) is 4.79 Å². The lowest BCUT2D eigenvalue weighted by molar-refractivity contribution is 0.0403. The van der Waals surface area contributed by atoms with Crippen LogP contribution >= 0.6 is 11.6 Å². The van der Waals surface area contributed by atoms with Crippen LogP contribution in [0.2, 0.25) is 5.02 Å². The predicted octanol–water partition coefficient (Wildman–Crippen LogP) is 2.11. The second kappa shape index (κ2) is 8.49. The van der Waals surface area contributed by atoms with E-state index in [-0.39, 0.29) is 11.9 Å². The van der Waals surface area contributed by atoms with Crippen molar-refractivity contribution in [2.45, 2.75) is 24.9 Å². The molecule has 2 saturated heterocycles. The average molecular weight is 366 g/mol. The molecule has 0 spiro atoms. The fourth-order valence-electron chi connectivity index (χ4n) is 3.95. The number of nitrogens with one attached hydrogen (secondary N) is 1. The van der Waals surface area contributed by atoms with Crippen LogP contribution in [0.3, 0.4) is 0 Å². The zero-order valence-corrected chi connectivity index (χ0v) is 15.8. The third kappa shape index (κ3) is 4.94. The summed E-state index contributed by atoms with van der Waals surface area (Å²) in [6.45, 7) is 4.61. The molecule has 0 bridgehead atoms. The number of nitrogens with zero attached hydrogens (tertiary/aromatic N) is 2. The Balaban J connectivity index is 1.67. The van der Waals surface area contributed by atoms with Gasteiger partial charge in [-0.2, -0.15) is 0 Å². The SMILES string of the molecule is CN(C)C[C@@H]1CN(C2CCOCC2)C[C@H]1NC(=O)c1cccc(Cl)c1. The van der Waals surface area contributed by atoms with Crippen LogP contribution in [0.5, 0.6) is 0 Å². The zero-order chi connectivity index (χ0) is 17.8. The lowest BCUT2D eigenvalue weighted by Crippen LogP contribution is -2.44. The molecule has 1 aromatic rings. The van der Waals surface area contributed by atoms with Gasteiger partial charge in [-0.05, 0) is 45.1 Å². The first kappa shape index (κ1) is 18.6. The Morgan fingerprint density at radius 3 is 2.76 bits per heavy atom. The van der Waals surface area contributed by atoms with Crippen LogP contribution in [-0.4, -0.2) is 74.7 Å². The molecule has 2 fully saturated rings. The molecular weight excluding hydrogens is 338 g/mol. The van der Waals surface area contributed by atoms with Crippen molar-refractivity contribution in [3.63, 3.8) is 0 Å². The van der Waals surface area contributed by atoms with Crippen molar-refractivity contribution in [1.82, 2.24) is 15.1 Å². The van der Waals surface area contributed by atoms with Crippen LogP contribution < -0.4 is 5.32 Å². The zero-order valence-electron chi connectivity index (χ0n) is 15.1. The Hall–Kier alpha value is -1.14. The minimum absolute atomic E-state index is 0.0370. The van der Waals surface area contributed by atoms with Crippen LogP contribution in [0, 0.1) is 5.92 Å². The van der Waals surface area contributed by atoms with Gasteiger partial charge < -0.3 is 15.0 Å². The van der Waals surface area contributed by atoms with Crippen molar-refractivity contribution in [2.24, 2.45) is 5.92 Å². The van der Waals surface area contributed by atoms with E-state index in [2.05, 4.69) is 29.2 Å². The molecule has 2 aliphatic heterocycles. The van der Waals surface area contributed by atoms with E-state index in [0.717, 1.165) is 45.7 Å². The summed E-state index contributed by atoms with van der Waals surface area (Å²) in [5.74, 6) is 0.395. The molecule has 1 amide bonds. The smallest absolute Gasteiger partial charge is 0.251 e. The van der Waals surface area contributed by atoms with Crippen molar-refractivity contribution < 1.29 is 9.53 Å². The van der Waals surface area contributed by atoms with Crippen LogP contribution in [0.4, 0.5) is 0 Å². The van der Waals surface area contributed by atoms with Gasteiger partial charge in [0.2, 0.25) is 0 Å². The first-order chi connectivity index (χ1) is 12.0. The molecule has 2 aliphatic rings. The molecular formula is C19H28ClN3O2. The van der Waals surface area contributed by atoms with E-state index in [1.165, 1.54) is 0 Å². The van der Waals surface area contributed by atoms with Crippen LogP contribution in [0.25, 0.3) is 0 Å². The molecule has 3 rings (SSSR count). The molecule has 1 aromatic carbocycles. The Labute approximate surface area is 155 Å². The highest BCUT2D eigenvalue weighted by atomic mass is 35.5. The molecule has 6 heteroatoms. The number of halogens is 1. The van der Waals surface area contributed by atoms with E-state index in [0.29, 0.717) is 22.5 Å². The maximum Gasteiger partial charge on any atom is 0.251 e. The molecule has 2 atom stereocenters. The molecule has 1 N–H and O–H groups in total. The number of hydrogen-bond donors (Lipinski definition) is 1. The van der Waals surface area contributed by atoms with E-state index < -0.39 is 0 Å². The lowest BCUT2D eigenvalue weighted by atomic mass is 10.0. The van der Waals surface area contributed by atoms with Gasteiger partial charge in [-0.1, -0.05) is 17.7 Å². The van der Waals surface area contributed by atoms with Crippen molar-refractivity contribution in [3.8, 4) is 0 Å². The molecule has 0 saturated carbocycles.